The van der Waals surface area contributed by atoms with Gasteiger partial charge in [-0.3, -0.25) is 0 Å². The summed E-state index contributed by atoms with van der Waals surface area (Å²) in [5.41, 5.74) is 4.99. The van der Waals surface area contributed by atoms with E-state index in [1.807, 2.05) is 56.3 Å². The number of rotatable bonds is 10. The van der Waals surface area contributed by atoms with Crippen LogP contribution < -0.4 is 4.74 Å². The third kappa shape index (κ3) is 5.95. The Balaban J connectivity index is 1.74. The zero-order chi connectivity index (χ0) is 22.3. The molecule has 0 saturated heterocycles. The molecule has 4 heteroatoms. The Morgan fingerprint density at radius 2 is 1.42 bits per heavy atom. The van der Waals surface area contributed by atoms with Crippen LogP contribution in [-0.4, -0.2) is 20.9 Å². The number of aliphatic hydroxyl groups excluding tert-OH is 2. The molecule has 0 bridgehead atoms. The maximum Gasteiger partial charge on any atom is 0.120 e. The van der Waals surface area contributed by atoms with Gasteiger partial charge in [-0.2, -0.15) is 0 Å². The predicted molar refractivity (Wildman–Crippen MR) is 124 cm³/mol. The fourth-order valence-electron chi connectivity index (χ4n) is 3.74. The van der Waals surface area contributed by atoms with Crippen LogP contribution in [0.4, 0.5) is 0 Å². The van der Waals surface area contributed by atoms with Crippen molar-refractivity contribution in [2.24, 2.45) is 0 Å². The molecular formula is C27H32O4. The van der Waals surface area contributed by atoms with Gasteiger partial charge in [-0.15, -0.1) is 0 Å². The van der Waals surface area contributed by atoms with Gasteiger partial charge in [0.1, 0.15) is 12.4 Å². The normalized spacial score (nSPS) is 11.5. The highest BCUT2D eigenvalue weighted by Gasteiger charge is 2.22. The summed E-state index contributed by atoms with van der Waals surface area (Å²) < 4.78 is 5.99. The molecule has 0 amide bonds. The summed E-state index contributed by atoms with van der Waals surface area (Å²) in [6.45, 7) is 4.22. The summed E-state index contributed by atoms with van der Waals surface area (Å²) in [5, 5.41) is 29.5. The van der Waals surface area contributed by atoms with Gasteiger partial charge in [0.05, 0.1) is 18.8 Å². The molecule has 0 fully saturated rings. The summed E-state index contributed by atoms with van der Waals surface area (Å²) in [4.78, 5) is 0. The highest BCUT2D eigenvalue weighted by molar-refractivity contribution is 5.65. The molecule has 4 nitrogen and oxygen atoms in total. The largest absolute Gasteiger partial charge is 0.489 e. The fourth-order valence-corrected chi connectivity index (χ4v) is 3.74. The number of aliphatic hydroxyl groups is 3. The van der Waals surface area contributed by atoms with E-state index in [1.54, 1.807) is 0 Å². The molecule has 0 heterocycles. The molecule has 0 aliphatic carbocycles. The quantitative estimate of drug-likeness (QED) is 0.431. The summed E-state index contributed by atoms with van der Waals surface area (Å²) >= 11 is 0. The van der Waals surface area contributed by atoms with Gasteiger partial charge >= 0.3 is 0 Å². The monoisotopic (exact) mass is 420 g/mol. The van der Waals surface area contributed by atoms with Crippen molar-refractivity contribution >= 4 is 0 Å². The third-order valence-electron chi connectivity index (χ3n) is 5.96. The van der Waals surface area contributed by atoms with E-state index in [-0.39, 0.29) is 13.2 Å². The van der Waals surface area contributed by atoms with Gasteiger partial charge in [-0.1, -0.05) is 62.4 Å². The highest BCUT2D eigenvalue weighted by atomic mass is 16.5. The molecule has 3 rings (SSSR count). The van der Waals surface area contributed by atoms with Crippen molar-refractivity contribution in [3.8, 4) is 16.9 Å². The summed E-state index contributed by atoms with van der Waals surface area (Å²) in [6.07, 6.45) is 2.10. The minimum Gasteiger partial charge on any atom is -0.489 e. The van der Waals surface area contributed by atoms with E-state index < -0.39 is 5.60 Å². The van der Waals surface area contributed by atoms with E-state index >= 15 is 0 Å². The number of benzene rings is 3. The molecule has 31 heavy (non-hydrogen) atoms. The molecule has 0 radical (unpaired) electrons. The van der Waals surface area contributed by atoms with E-state index in [1.165, 1.54) is 0 Å². The Morgan fingerprint density at radius 3 is 2.10 bits per heavy atom. The van der Waals surface area contributed by atoms with Crippen molar-refractivity contribution in [1.29, 1.82) is 0 Å². The molecule has 0 aliphatic rings. The van der Waals surface area contributed by atoms with Gasteiger partial charge in [0, 0.05) is 6.42 Å². The molecule has 0 aliphatic heterocycles. The molecule has 0 spiro atoms. The van der Waals surface area contributed by atoms with Gasteiger partial charge in [0.15, 0.2) is 0 Å². The Kier molecular flexibility index (Phi) is 7.85. The van der Waals surface area contributed by atoms with Crippen LogP contribution in [0.25, 0.3) is 11.1 Å². The van der Waals surface area contributed by atoms with Crippen LogP contribution in [0.3, 0.4) is 0 Å². The van der Waals surface area contributed by atoms with Crippen molar-refractivity contribution in [2.45, 2.75) is 58.5 Å². The standard InChI is InChI=1S/C27H32O4/c1-3-27(30,4-2)16-20-7-5-8-22(13-20)23-9-6-10-26(15-23)31-19-21-11-12-24(17-28)25(14-21)18-29/h5-15,28-30H,3-4,16-19H2,1-2H3. The van der Waals surface area contributed by atoms with Gasteiger partial charge in [-0.25, -0.2) is 0 Å². The van der Waals surface area contributed by atoms with Crippen LogP contribution in [0.15, 0.2) is 66.7 Å². The lowest BCUT2D eigenvalue weighted by molar-refractivity contribution is 0.0327. The zero-order valence-electron chi connectivity index (χ0n) is 18.3. The van der Waals surface area contributed by atoms with Crippen LogP contribution in [0.2, 0.25) is 0 Å². The van der Waals surface area contributed by atoms with E-state index in [0.717, 1.165) is 46.4 Å². The first kappa shape index (κ1) is 23.0. The summed E-state index contributed by atoms with van der Waals surface area (Å²) in [5.74, 6) is 0.762. The zero-order valence-corrected chi connectivity index (χ0v) is 18.3. The van der Waals surface area contributed by atoms with Crippen molar-refractivity contribution in [2.75, 3.05) is 0 Å². The Morgan fingerprint density at radius 1 is 0.742 bits per heavy atom. The number of hydrogen-bond donors (Lipinski definition) is 3. The molecule has 164 valence electrons. The second-order valence-electron chi connectivity index (χ2n) is 8.04. The summed E-state index contributed by atoms with van der Waals surface area (Å²) in [7, 11) is 0. The first-order valence-electron chi connectivity index (χ1n) is 10.9. The molecule has 3 aromatic carbocycles. The van der Waals surface area contributed by atoms with Crippen LogP contribution in [0.5, 0.6) is 5.75 Å². The molecule has 0 unspecified atom stereocenters. The third-order valence-corrected chi connectivity index (χ3v) is 5.96. The predicted octanol–water partition coefficient (Wildman–Crippen LogP) is 5.01. The van der Waals surface area contributed by atoms with E-state index in [9.17, 15) is 15.3 Å². The Hall–Kier alpha value is -2.66. The first-order valence-corrected chi connectivity index (χ1v) is 10.9. The second-order valence-corrected chi connectivity index (χ2v) is 8.04. The van der Waals surface area contributed by atoms with Gasteiger partial charge < -0.3 is 20.1 Å². The Labute approximate surface area is 184 Å². The van der Waals surface area contributed by atoms with Crippen molar-refractivity contribution in [3.05, 3.63) is 89.0 Å². The topological polar surface area (TPSA) is 69.9 Å². The lowest BCUT2D eigenvalue weighted by atomic mass is 9.88. The van der Waals surface area contributed by atoms with E-state index in [4.69, 9.17) is 4.74 Å². The van der Waals surface area contributed by atoms with Gasteiger partial charge in [-0.05, 0) is 64.4 Å². The summed E-state index contributed by atoms with van der Waals surface area (Å²) in [6, 6.07) is 21.9. The molecule has 3 aromatic rings. The SMILES string of the molecule is CCC(O)(CC)Cc1cccc(-c2cccc(OCc3ccc(CO)c(CO)c3)c2)c1. The fraction of sp³-hybridized carbons (Fsp3) is 0.333. The van der Waals surface area contributed by atoms with Gasteiger partial charge in [0.25, 0.3) is 0 Å². The van der Waals surface area contributed by atoms with Crippen molar-refractivity contribution in [3.63, 3.8) is 0 Å². The van der Waals surface area contributed by atoms with Crippen LogP contribution in [0, 0.1) is 0 Å². The number of hydrogen-bond acceptors (Lipinski definition) is 4. The maximum atomic E-state index is 10.7. The van der Waals surface area contributed by atoms with Crippen LogP contribution in [0.1, 0.15) is 48.9 Å². The lowest BCUT2D eigenvalue weighted by Crippen LogP contribution is -2.29. The molecule has 0 atom stereocenters. The first-order chi connectivity index (χ1) is 15.0. The minimum atomic E-state index is -0.664. The van der Waals surface area contributed by atoms with E-state index in [2.05, 4.69) is 24.3 Å². The van der Waals surface area contributed by atoms with Crippen molar-refractivity contribution < 1.29 is 20.1 Å². The van der Waals surface area contributed by atoms with Crippen LogP contribution >= 0.6 is 0 Å². The molecule has 0 aromatic heterocycles. The second kappa shape index (κ2) is 10.6. The smallest absolute Gasteiger partial charge is 0.120 e. The Bertz CT molecular complexity index is 992. The maximum absolute atomic E-state index is 10.7. The average molecular weight is 421 g/mol. The van der Waals surface area contributed by atoms with Crippen LogP contribution in [-0.2, 0) is 26.2 Å². The number of ether oxygens (including phenoxy) is 1. The molecular weight excluding hydrogens is 388 g/mol. The highest BCUT2D eigenvalue weighted by Crippen LogP contribution is 2.28. The van der Waals surface area contributed by atoms with Crippen molar-refractivity contribution in [1.82, 2.24) is 0 Å². The van der Waals surface area contributed by atoms with Gasteiger partial charge in [0.2, 0.25) is 0 Å². The molecule has 3 N–H and O–H groups in total. The average Bonchev–Trinajstić information content (AvgIpc) is 2.82. The van der Waals surface area contributed by atoms with E-state index in [0.29, 0.717) is 18.6 Å². The molecule has 0 saturated carbocycles. The lowest BCUT2D eigenvalue weighted by Gasteiger charge is -2.25. The minimum absolute atomic E-state index is 0.0912.